The zero-order chi connectivity index (χ0) is 18.4. The van der Waals surface area contributed by atoms with Crippen LogP contribution in [0.15, 0.2) is 36.5 Å². The fourth-order valence-electron chi connectivity index (χ4n) is 2.82. The Balaban J connectivity index is 1.88. The summed E-state index contributed by atoms with van der Waals surface area (Å²) in [6.07, 6.45) is 1.67. The topological polar surface area (TPSA) is 71.4 Å². The molecule has 1 fully saturated rings. The minimum absolute atomic E-state index is 0.0959. The number of carbonyl (C=O) groups excluding carboxylic acids is 3. The Hall–Kier alpha value is -3.03. The van der Waals surface area contributed by atoms with Gasteiger partial charge >= 0.3 is 6.03 Å². The lowest BCUT2D eigenvalue weighted by Gasteiger charge is -2.22. The molecule has 1 aliphatic heterocycles. The number of hydrogen-bond acceptors (Lipinski definition) is 3. The van der Waals surface area contributed by atoms with Crippen LogP contribution in [-0.2, 0) is 17.4 Å². The third-order valence-corrected chi connectivity index (χ3v) is 4.30. The van der Waals surface area contributed by atoms with Crippen LogP contribution in [0.25, 0.3) is 0 Å². The molecule has 0 spiro atoms. The summed E-state index contributed by atoms with van der Waals surface area (Å²) < 4.78 is 28.2. The maximum absolute atomic E-state index is 13.5. The van der Waals surface area contributed by atoms with E-state index in [9.17, 15) is 23.2 Å². The van der Waals surface area contributed by atoms with Gasteiger partial charge in [0.1, 0.15) is 5.54 Å². The number of amides is 3. The lowest BCUT2D eigenvalue weighted by molar-refractivity contribution is -0.130. The average Bonchev–Trinajstić information content (AvgIpc) is 3.07. The molecule has 1 aliphatic rings. The van der Waals surface area contributed by atoms with Crippen molar-refractivity contribution in [2.45, 2.75) is 12.5 Å². The molecule has 1 N–H and O–H groups in total. The average molecular weight is 347 g/mol. The molecule has 0 saturated carbocycles. The SMILES string of the molecule is Cn1cccc1C(=O)CN1C(=O)N[C@](C)(c2ccc(F)c(F)c2)C1=O. The zero-order valence-corrected chi connectivity index (χ0v) is 13.5. The van der Waals surface area contributed by atoms with Crippen LogP contribution < -0.4 is 5.32 Å². The van der Waals surface area contributed by atoms with Gasteiger partial charge in [0.15, 0.2) is 17.4 Å². The first kappa shape index (κ1) is 16.8. The Morgan fingerprint density at radius 2 is 1.92 bits per heavy atom. The van der Waals surface area contributed by atoms with E-state index in [-0.39, 0.29) is 5.56 Å². The molecule has 6 nitrogen and oxygen atoms in total. The van der Waals surface area contributed by atoms with Crippen LogP contribution in [0.1, 0.15) is 23.0 Å². The molecule has 8 heteroatoms. The monoisotopic (exact) mass is 347 g/mol. The fraction of sp³-hybridized carbons (Fsp3) is 0.235. The molecule has 0 unspecified atom stereocenters. The van der Waals surface area contributed by atoms with Crippen molar-refractivity contribution in [3.8, 4) is 0 Å². The quantitative estimate of drug-likeness (QED) is 0.679. The fourth-order valence-corrected chi connectivity index (χ4v) is 2.82. The Bertz CT molecular complexity index is 893. The molecule has 1 atom stereocenters. The van der Waals surface area contributed by atoms with E-state index in [0.29, 0.717) is 5.69 Å². The van der Waals surface area contributed by atoms with Gasteiger partial charge in [-0.3, -0.25) is 14.5 Å². The van der Waals surface area contributed by atoms with Gasteiger partial charge < -0.3 is 9.88 Å². The number of rotatable bonds is 4. The molecule has 0 aliphatic carbocycles. The van der Waals surface area contributed by atoms with Gasteiger partial charge in [0, 0.05) is 13.2 Å². The van der Waals surface area contributed by atoms with Gasteiger partial charge in [0.05, 0.1) is 12.2 Å². The zero-order valence-electron chi connectivity index (χ0n) is 13.5. The van der Waals surface area contributed by atoms with Gasteiger partial charge in [-0.2, -0.15) is 0 Å². The number of halogens is 2. The van der Waals surface area contributed by atoms with Crippen molar-refractivity contribution in [3.05, 3.63) is 59.4 Å². The number of nitrogens with one attached hydrogen (secondary N) is 1. The van der Waals surface area contributed by atoms with Gasteiger partial charge in [-0.15, -0.1) is 0 Å². The van der Waals surface area contributed by atoms with E-state index >= 15 is 0 Å². The van der Waals surface area contributed by atoms with Crippen molar-refractivity contribution >= 4 is 17.7 Å². The maximum Gasteiger partial charge on any atom is 0.325 e. The van der Waals surface area contributed by atoms with E-state index in [1.807, 2.05) is 0 Å². The highest BCUT2D eigenvalue weighted by molar-refractivity contribution is 6.11. The summed E-state index contributed by atoms with van der Waals surface area (Å²) in [5.74, 6) is -3.30. The Morgan fingerprint density at radius 1 is 1.20 bits per heavy atom. The van der Waals surface area contributed by atoms with E-state index in [2.05, 4.69) is 5.32 Å². The van der Waals surface area contributed by atoms with Gasteiger partial charge in [-0.1, -0.05) is 6.07 Å². The highest BCUT2D eigenvalue weighted by Gasteiger charge is 2.49. The van der Waals surface area contributed by atoms with Crippen LogP contribution in [0.2, 0.25) is 0 Å². The minimum atomic E-state index is -1.57. The van der Waals surface area contributed by atoms with E-state index < -0.39 is 41.4 Å². The van der Waals surface area contributed by atoms with Crippen molar-refractivity contribution in [1.29, 1.82) is 0 Å². The number of hydrogen-bond donors (Lipinski definition) is 1. The van der Waals surface area contributed by atoms with Gasteiger partial charge in [-0.25, -0.2) is 13.6 Å². The summed E-state index contributed by atoms with van der Waals surface area (Å²) in [5.41, 5.74) is -1.12. The summed E-state index contributed by atoms with van der Waals surface area (Å²) in [7, 11) is 1.67. The predicted molar refractivity (Wildman–Crippen MR) is 83.7 cm³/mol. The Kier molecular flexibility index (Phi) is 3.90. The summed E-state index contributed by atoms with van der Waals surface area (Å²) in [6.45, 7) is 0.939. The smallest absolute Gasteiger partial charge is 0.325 e. The van der Waals surface area contributed by atoms with Crippen LogP contribution in [0.4, 0.5) is 13.6 Å². The number of urea groups is 1. The summed E-state index contributed by atoms with van der Waals surface area (Å²) in [4.78, 5) is 38.0. The number of aromatic nitrogens is 1. The van der Waals surface area contributed by atoms with Crippen LogP contribution >= 0.6 is 0 Å². The molecular formula is C17H15F2N3O3. The summed E-state index contributed by atoms with van der Waals surface area (Å²) >= 11 is 0. The highest BCUT2D eigenvalue weighted by Crippen LogP contribution is 2.29. The van der Waals surface area contributed by atoms with Gasteiger partial charge in [-0.05, 0) is 36.8 Å². The number of aryl methyl sites for hydroxylation is 1. The second-order valence-electron chi connectivity index (χ2n) is 6.00. The molecule has 1 aromatic heterocycles. The molecule has 3 rings (SSSR count). The van der Waals surface area contributed by atoms with Crippen molar-refractivity contribution < 1.29 is 23.2 Å². The summed E-state index contributed by atoms with van der Waals surface area (Å²) in [5, 5.41) is 2.45. The second kappa shape index (κ2) is 5.80. The first-order valence-corrected chi connectivity index (χ1v) is 7.48. The molecule has 25 heavy (non-hydrogen) atoms. The van der Waals surface area contributed by atoms with Crippen LogP contribution in [0.5, 0.6) is 0 Å². The largest absolute Gasteiger partial charge is 0.348 e. The van der Waals surface area contributed by atoms with Crippen molar-refractivity contribution in [3.63, 3.8) is 0 Å². The molecule has 1 aromatic carbocycles. The van der Waals surface area contributed by atoms with Crippen molar-refractivity contribution in [2.24, 2.45) is 7.05 Å². The lowest BCUT2D eigenvalue weighted by Crippen LogP contribution is -2.41. The summed E-state index contributed by atoms with van der Waals surface area (Å²) in [6, 6.07) is 5.45. The van der Waals surface area contributed by atoms with Crippen LogP contribution in [0.3, 0.4) is 0 Å². The molecule has 2 heterocycles. The molecule has 130 valence electrons. The highest BCUT2D eigenvalue weighted by atomic mass is 19.2. The number of imide groups is 1. The van der Waals surface area contributed by atoms with E-state index in [1.54, 1.807) is 29.9 Å². The number of benzene rings is 1. The van der Waals surface area contributed by atoms with Crippen LogP contribution in [-0.4, -0.2) is 33.7 Å². The predicted octanol–water partition coefficient (Wildman–Crippen LogP) is 1.95. The number of Topliss-reactive ketones (excluding diaryl/α,β-unsaturated/α-hetero) is 1. The third kappa shape index (κ3) is 2.69. The van der Waals surface area contributed by atoms with E-state index in [1.165, 1.54) is 13.0 Å². The normalized spacial score (nSPS) is 20.1. The molecule has 0 radical (unpaired) electrons. The minimum Gasteiger partial charge on any atom is -0.348 e. The molecule has 2 aromatic rings. The molecule has 1 saturated heterocycles. The van der Waals surface area contributed by atoms with E-state index in [4.69, 9.17) is 0 Å². The first-order chi connectivity index (χ1) is 11.7. The number of carbonyl (C=O) groups is 3. The molecule has 3 amide bonds. The third-order valence-electron chi connectivity index (χ3n) is 4.30. The molecule has 0 bridgehead atoms. The first-order valence-electron chi connectivity index (χ1n) is 7.48. The lowest BCUT2D eigenvalue weighted by atomic mass is 9.92. The second-order valence-corrected chi connectivity index (χ2v) is 6.00. The van der Waals surface area contributed by atoms with E-state index in [0.717, 1.165) is 17.0 Å². The number of ketones is 1. The van der Waals surface area contributed by atoms with Gasteiger partial charge in [0.2, 0.25) is 0 Å². The van der Waals surface area contributed by atoms with Crippen LogP contribution in [0, 0.1) is 11.6 Å². The Morgan fingerprint density at radius 3 is 2.52 bits per heavy atom. The van der Waals surface area contributed by atoms with Crippen molar-refractivity contribution in [2.75, 3.05) is 6.54 Å². The standard InChI is InChI=1S/C17H15F2N3O3/c1-17(10-5-6-11(18)12(19)8-10)15(24)22(16(25)20-17)9-14(23)13-4-3-7-21(13)2/h3-8H,9H2,1-2H3,(H,20,25)/t17-/m1/s1. The molecular weight excluding hydrogens is 332 g/mol. The van der Waals surface area contributed by atoms with Crippen molar-refractivity contribution in [1.82, 2.24) is 14.8 Å². The maximum atomic E-state index is 13.5. The number of nitrogens with zero attached hydrogens (tertiary/aromatic N) is 2. The van der Waals surface area contributed by atoms with Gasteiger partial charge in [0.25, 0.3) is 5.91 Å². The Labute approximate surface area is 142 Å².